The van der Waals surface area contributed by atoms with Crippen LogP contribution < -0.4 is 5.56 Å². The van der Waals surface area contributed by atoms with Crippen LogP contribution >= 0.6 is 15.9 Å². The Morgan fingerprint density at radius 3 is 2.46 bits per heavy atom. The number of hydrogen-bond donors (Lipinski definition) is 1. The SMILES string of the molecule is O=c1c(Br)c(CC2CC(F)(F)C2)[nH]n1-c1ccccc1C(F)(F)F. The van der Waals surface area contributed by atoms with Crippen LogP contribution in [-0.4, -0.2) is 15.7 Å². The molecule has 0 aliphatic heterocycles. The van der Waals surface area contributed by atoms with Crippen molar-refractivity contribution in [3.63, 3.8) is 0 Å². The lowest BCUT2D eigenvalue weighted by Gasteiger charge is -2.34. The van der Waals surface area contributed by atoms with Crippen LogP contribution in [0.3, 0.4) is 0 Å². The highest BCUT2D eigenvalue weighted by atomic mass is 79.9. The molecular formula is C15H12BrF5N2O. The molecule has 0 unspecified atom stereocenters. The zero-order chi connectivity index (χ0) is 17.7. The first kappa shape index (κ1) is 17.2. The van der Waals surface area contributed by atoms with E-state index in [1.54, 1.807) is 0 Å². The maximum atomic E-state index is 13.1. The number of benzene rings is 1. The van der Waals surface area contributed by atoms with Crippen molar-refractivity contribution in [2.24, 2.45) is 5.92 Å². The third-order valence-corrected chi connectivity index (χ3v) is 4.84. The van der Waals surface area contributed by atoms with Crippen molar-refractivity contribution in [3.8, 4) is 5.69 Å². The maximum absolute atomic E-state index is 13.1. The molecule has 0 radical (unpaired) electrons. The van der Waals surface area contributed by atoms with Crippen molar-refractivity contribution in [3.05, 3.63) is 50.3 Å². The number of aromatic amines is 1. The number of hydrogen-bond acceptors (Lipinski definition) is 1. The summed E-state index contributed by atoms with van der Waals surface area (Å²) in [7, 11) is 0. The van der Waals surface area contributed by atoms with Gasteiger partial charge in [0.15, 0.2) is 0 Å². The molecule has 1 aliphatic rings. The molecule has 3 nitrogen and oxygen atoms in total. The van der Waals surface area contributed by atoms with E-state index in [4.69, 9.17) is 0 Å². The molecule has 3 rings (SSSR count). The number of aromatic nitrogens is 2. The highest BCUT2D eigenvalue weighted by Gasteiger charge is 2.45. The first-order valence-electron chi connectivity index (χ1n) is 7.12. The van der Waals surface area contributed by atoms with Gasteiger partial charge in [-0.2, -0.15) is 13.2 Å². The molecule has 1 aromatic heterocycles. The molecule has 1 fully saturated rings. The van der Waals surface area contributed by atoms with E-state index in [0.29, 0.717) is 5.69 Å². The van der Waals surface area contributed by atoms with E-state index in [-0.39, 0.29) is 35.3 Å². The second-order valence-corrected chi connectivity index (χ2v) is 6.69. The number of H-pyrrole nitrogens is 1. The molecular weight excluding hydrogens is 399 g/mol. The molecule has 1 N–H and O–H groups in total. The van der Waals surface area contributed by atoms with Crippen molar-refractivity contribution in [2.75, 3.05) is 0 Å². The minimum Gasteiger partial charge on any atom is -0.294 e. The standard InChI is InChI=1S/C15H12BrF5N2O/c16-12-10(5-8-6-14(17,18)7-8)22-23(13(12)24)11-4-2-1-3-9(11)15(19,20)21/h1-4,8,22H,5-7H2. The first-order chi connectivity index (χ1) is 11.1. The van der Waals surface area contributed by atoms with Gasteiger partial charge >= 0.3 is 6.18 Å². The summed E-state index contributed by atoms with van der Waals surface area (Å²) < 4.78 is 66.0. The predicted octanol–water partition coefficient (Wildman–Crippen LogP) is 4.53. The Hall–Kier alpha value is -1.64. The van der Waals surface area contributed by atoms with Crippen molar-refractivity contribution < 1.29 is 22.0 Å². The van der Waals surface area contributed by atoms with E-state index in [9.17, 15) is 26.7 Å². The second kappa shape index (κ2) is 5.72. The van der Waals surface area contributed by atoms with Crippen LogP contribution in [0.4, 0.5) is 22.0 Å². The van der Waals surface area contributed by atoms with Crippen LogP contribution in [0.5, 0.6) is 0 Å². The third-order valence-electron chi connectivity index (χ3n) is 4.02. The number of alkyl halides is 5. The van der Waals surface area contributed by atoms with Gasteiger partial charge in [0.05, 0.1) is 16.9 Å². The number of nitrogens with one attached hydrogen (secondary N) is 1. The quantitative estimate of drug-likeness (QED) is 0.741. The summed E-state index contributed by atoms with van der Waals surface area (Å²) in [6, 6.07) is 4.67. The normalized spacial score (nSPS) is 17.8. The number of para-hydroxylation sites is 1. The Morgan fingerprint density at radius 1 is 1.25 bits per heavy atom. The summed E-state index contributed by atoms with van der Waals surface area (Å²) in [4.78, 5) is 12.3. The molecule has 2 aromatic rings. The summed E-state index contributed by atoms with van der Waals surface area (Å²) in [5, 5.41) is 2.62. The van der Waals surface area contributed by atoms with Crippen molar-refractivity contribution >= 4 is 15.9 Å². The zero-order valence-corrected chi connectivity index (χ0v) is 13.7. The minimum atomic E-state index is -4.62. The van der Waals surface area contributed by atoms with Gasteiger partial charge in [-0.3, -0.25) is 9.89 Å². The lowest BCUT2D eigenvalue weighted by molar-refractivity contribution is -0.137. The molecule has 0 saturated heterocycles. The van der Waals surface area contributed by atoms with Gasteiger partial charge in [0, 0.05) is 12.8 Å². The highest BCUT2D eigenvalue weighted by Crippen LogP contribution is 2.44. The largest absolute Gasteiger partial charge is 0.418 e. The minimum absolute atomic E-state index is 0.0645. The summed E-state index contributed by atoms with van der Waals surface area (Å²) in [6.45, 7) is 0. The second-order valence-electron chi connectivity index (χ2n) is 5.89. The van der Waals surface area contributed by atoms with E-state index >= 15 is 0 Å². The molecule has 24 heavy (non-hydrogen) atoms. The fourth-order valence-electron chi connectivity index (χ4n) is 2.89. The molecule has 130 valence electrons. The average Bonchev–Trinajstić information content (AvgIpc) is 2.73. The Kier molecular flexibility index (Phi) is 4.09. The lowest BCUT2D eigenvalue weighted by Crippen LogP contribution is -2.36. The van der Waals surface area contributed by atoms with Crippen molar-refractivity contribution in [1.29, 1.82) is 0 Å². The van der Waals surface area contributed by atoms with Crippen LogP contribution in [-0.2, 0) is 12.6 Å². The van der Waals surface area contributed by atoms with E-state index in [1.165, 1.54) is 18.2 Å². The molecule has 0 atom stereocenters. The Bertz CT molecular complexity index is 816. The fourth-order valence-corrected chi connectivity index (χ4v) is 3.32. The van der Waals surface area contributed by atoms with Crippen LogP contribution in [0.25, 0.3) is 5.69 Å². The molecule has 9 heteroatoms. The van der Waals surface area contributed by atoms with Crippen LogP contribution in [0.1, 0.15) is 24.1 Å². The summed E-state index contributed by atoms with van der Waals surface area (Å²) in [5.74, 6) is -3.00. The van der Waals surface area contributed by atoms with Gasteiger partial charge in [-0.15, -0.1) is 0 Å². The molecule has 0 spiro atoms. The first-order valence-corrected chi connectivity index (χ1v) is 7.91. The number of rotatable bonds is 3. The number of nitrogens with zero attached hydrogens (tertiary/aromatic N) is 1. The van der Waals surface area contributed by atoms with Gasteiger partial charge in [-0.25, -0.2) is 13.5 Å². The number of halogens is 6. The highest BCUT2D eigenvalue weighted by molar-refractivity contribution is 9.10. The summed E-state index contributed by atoms with van der Waals surface area (Å²) in [5.41, 5.74) is -1.66. The van der Waals surface area contributed by atoms with Gasteiger partial charge in [0.25, 0.3) is 5.56 Å². The molecule has 1 saturated carbocycles. The van der Waals surface area contributed by atoms with Crippen molar-refractivity contribution in [1.82, 2.24) is 9.78 Å². The van der Waals surface area contributed by atoms with Gasteiger partial charge in [-0.05, 0) is 40.4 Å². The monoisotopic (exact) mass is 410 g/mol. The van der Waals surface area contributed by atoms with E-state index in [2.05, 4.69) is 21.0 Å². The molecule has 1 heterocycles. The van der Waals surface area contributed by atoms with Crippen LogP contribution in [0.2, 0.25) is 0 Å². The van der Waals surface area contributed by atoms with Gasteiger partial charge < -0.3 is 0 Å². The lowest BCUT2D eigenvalue weighted by atomic mass is 9.78. The maximum Gasteiger partial charge on any atom is 0.418 e. The van der Waals surface area contributed by atoms with E-state index in [1.807, 2.05) is 0 Å². The Labute approximate surface area is 141 Å². The Balaban J connectivity index is 1.97. The van der Waals surface area contributed by atoms with Crippen LogP contribution in [0, 0.1) is 5.92 Å². The summed E-state index contributed by atoms with van der Waals surface area (Å²) in [6.07, 6.45) is -5.02. The van der Waals surface area contributed by atoms with Gasteiger partial charge in [-0.1, -0.05) is 12.1 Å². The molecule has 0 bridgehead atoms. The van der Waals surface area contributed by atoms with Gasteiger partial charge in [0.1, 0.15) is 4.47 Å². The van der Waals surface area contributed by atoms with E-state index < -0.39 is 23.2 Å². The van der Waals surface area contributed by atoms with Crippen molar-refractivity contribution in [2.45, 2.75) is 31.4 Å². The molecule has 0 amide bonds. The summed E-state index contributed by atoms with van der Waals surface area (Å²) >= 11 is 3.05. The third kappa shape index (κ3) is 3.13. The topological polar surface area (TPSA) is 37.8 Å². The van der Waals surface area contributed by atoms with Gasteiger partial charge in [0.2, 0.25) is 5.92 Å². The zero-order valence-electron chi connectivity index (χ0n) is 12.1. The molecule has 1 aliphatic carbocycles. The van der Waals surface area contributed by atoms with Crippen LogP contribution in [0.15, 0.2) is 33.5 Å². The fraction of sp³-hybridized carbons (Fsp3) is 0.400. The predicted molar refractivity (Wildman–Crippen MR) is 80.5 cm³/mol. The molecule has 1 aromatic carbocycles. The van der Waals surface area contributed by atoms with E-state index in [0.717, 1.165) is 10.7 Å². The smallest absolute Gasteiger partial charge is 0.294 e. The average molecular weight is 411 g/mol. The Morgan fingerprint density at radius 2 is 1.88 bits per heavy atom.